The third-order valence-corrected chi connectivity index (χ3v) is 8.96. The summed E-state index contributed by atoms with van der Waals surface area (Å²) in [4.78, 5) is 15.4. The van der Waals surface area contributed by atoms with Crippen LogP contribution in [0.1, 0.15) is 60.4 Å². The van der Waals surface area contributed by atoms with Gasteiger partial charge in [0.1, 0.15) is 18.2 Å². The minimum Gasteiger partial charge on any atom is -0.489 e. The molecular weight excluding hydrogens is 655 g/mol. The molecule has 0 amide bonds. The van der Waals surface area contributed by atoms with Crippen LogP contribution in [-0.4, -0.2) is 5.78 Å². The number of Topliss-reactive ketones (excluding diaryl/α,β-unsaturated/α-hetero) is 1. The molecule has 3 aromatic rings. The Hall–Kier alpha value is -3.74. The predicted molar refractivity (Wildman–Crippen MR) is 168 cm³/mol. The summed E-state index contributed by atoms with van der Waals surface area (Å²) in [5.41, 5.74) is 9.41. The van der Waals surface area contributed by atoms with Crippen LogP contribution in [0.3, 0.4) is 0 Å². The first kappa shape index (κ1) is 31.7. The molecule has 2 aliphatic rings. The van der Waals surface area contributed by atoms with Crippen LogP contribution in [0, 0.1) is 30.6 Å². The van der Waals surface area contributed by atoms with Gasteiger partial charge in [0.05, 0.1) is 33.8 Å². The number of hydrogen-bond donors (Lipinski definition) is 1. The Balaban J connectivity index is 1.70. The van der Waals surface area contributed by atoms with E-state index in [1.165, 1.54) is 4.90 Å². The van der Waals surface area contributed by atoms with E-state index in [0.29, 0.717) is 29.0 Å². The first-order valence-corrected chi connectivity index (χ1v) is 15.1. The van der Waals surface area contributed by atoms with Crippen molar-refractivity contribution < 1.29 is 22.7 Å². The van der Waals surface area contributed by atoms with Crippen LogP contribution in [0.4, 0.5) is 18.9 Å². The Morgan fingerprint density at radius 1 is 1.11 bits per heavy atom. The second kappa shape index (κ2) is 11.6. The fourth-order valence-electron chi connectivity index (χ4n) is 6.06. The fraction of sp³-hybridized carbons (Fsp3) is 0.294. The molecule has 2 N–H and O–H groups in total. The number of alkyl halides is 3. The van der Waals surface area contributed by atoms with Gasteiger partial charge in [0, 0.05) is 22.2 Å². The van der Waals surface area contributed by atoms with Gasteiger partial charge in [0.15, 0.2) is 5.78 Å². The number of carbonyl (C=O) groups is 1. The monoisotopic (exact) mass is 683 g/mol. The number of rotatable bonds is 5. The zero-order chi connectivity index (χ0) is 32.1. The minimum absolute atomic E-state index is 0.0125. The van der Waals surface area contributed by atoms with E-state index < -0.39 is 23.1 Å². The van der Waals surface area contributed by atoms with Gasteiger partial charge in [0.25, 0.3) is 0 Å². The van der Waals surface area contributed by atoms with Crippen molar-refractivity contribution in [3.63, 3.8) is 0 Å². The summed E-state index contributed by atoms with van der Waals surface area (Å²) < 4.78 is 48.3. The lowest BCUT2D eigenvalue weighted by atomic mass is 9.68. The van der Waals surface area contributed by atoms with E-state index in [4.69, 9.17) is 22.1 Å². The maximum atomic E-state index is 14.0. The van der Waals surface area contributed by atoms with E-state index in [1.807, 2.05) is 64.1 Å². The Morgan fingerprint density at radius 3 is 2.43 bits per heavy atom. The first-order chi connectivity index (χ1) is 20.6. The van der Waals surface area contributed by atoms with Gasteiger partial charge in [0.2, 0.25) is 0 Å². The molecule has 1 aliphatic carbocycles. The standard InChI is InChI=1S/C34H30BrClF3N3O2/c1-18-11-20(17-44-23-8-6-22(35)7-9-23)19(2)24(12-18)30-25(16-40)32(41)42(28-14-33(3,4)15-29(43)31(28)30)27-13-21(34(37,38)39)5-10-26(27)36/h5-13,30H,14-15,17,41H2,1-4H3. The number of aryl methyl sites for hydroxylation is 1. The maximum Gasteiger partial charge on any atom is 0.416 e. The number of nitrogens with zero attached hydrogens (tertiary/aromatic N) is 2. The molecule has 5 rings (SSSR count). The smallest absolute Gasteiger partial charge is 0.416 e. The molecule has 0 radical (unpaired) electrons. The van der Waals surface area contributed by atoms with Gasteiger partial charge >= 0.3 is 6.18 Å². The van der Waals surface area contributed by atoms with Crippen molar-refractivity contribution in [2.75, 3.05) is 4.90 Å². The van der Waals surface area contributed by atoms with Crippen molar-refractivity contribution in [1.82, 2.24) is 0 Å². The van der Waals surface area contributed by atoms with E-state index >= 15 is 0 Å². The lowest BCUT2D eigenvalue weighted by Gasteiger charge is -2.44. The molecule has 0 spiro atoms. The number of nitriles is 1. The Labute approximate surface area is 267 Å². The number of benzene rings is 3. The topological polar surface area (TPSA) is 79.3 Å². The molecule has 0 bridgehead atoms. The second-order valence-electron chi connectivity index (χ2n) is 12.0. The summed E-state index contributed by atoms with van der Waals surface area (Å²) in [7, 11) is 0. The summed E-state index contributed by atoms with van der Waals surface area (Å²) in [6.07, 6.45) is -4.10. The molecule has 0 saturated heterocycles. The number of halogens is 5. The van der Waals surface area contributed by atoms with Crippen LogP contribution in [0.25, 0.3) is 0 Å². The summed E-state index contributed by atoms with van der Waals surface area (Å²) in [6, 6.07) is 16.5. The third-order valence-electron chi connectivity index (χ3n) is 8.11. The highest BCUT2D eigenvalue weighted by atomic mass is 79.9. The van der Waals surface area contributed by atoms with Crippen LogP contribution in [0.2, 0.25) is 5.02 Å². The third kappa shape index (κ3) is 5.98. The number of hydrogen-bond acceptors (Lipinski definition) is 5. The van der Waals surface area contributed by atoms with Crippen LogP contribution < -0.4 is 15.4 Å². The molecule has 3 aromatic carbocycles. The number of ketones is 1. The van der Waals surface area contributed by atoms with Crippen molar-refractivity contribution in [2.24, 2.45) is 11.1 Å². The minimum atomic E-state index is -4.64. The molecule has 44 heavy (non-hydrogen) atoms. The summed E-state index contributed by atoms with van der Waals surface area (Å²) >= 11 is 9.91. The average Bonchev–Trinajstić information content (AvgIpc) is 2.93. The molecule has 1 atom stereocenters. The van der Waals surface area contributed by atoms with Gasteiger partial charge in [-0.25, -0.2) is 0 Å². The van der Waals surface area contributed by atoms with E-state index in [-0.39, 0.29) is 40.9 Å². The molecule has 0 saturated carbocycles. The lowest BCUT2D eigenvalue weighted by molar-refractivity contribution is -0.137. The van der Waals surface area contributed by atoms with Gasteiger partial charge in [-0.3, -0.25) is 9.69 Å². The Bertz CT molecular complexity index is 1770. The van der Waals surface area contributed by atoms with Gasteiger partial charge in [-0.2, -0.15) is 18.4 Å². The average molecular weight is 685 g/mol. The van der Waals surface area contributed by atoms with E-state index in [2.05, 4.69) is 22.0 Å². The number of allylic oxidation sites excluding steroid dienone is 3. The van der Waals surface area contributed by atoms with Crippen molar-refractivity contribution in [2.45, 2.75) is 59.2 Å². The molecule has 1 aliphatic heterocycles. The Kier molecular flexibility index (Phi) is 8.38. The lowest BCUT2D eigenvalue weighted by Crippen LogP contribution is -2.42. The molecule has 0 fully saturated rings. The fourth-order valence-corrected chi connectivity index (χ4v) is 6.53. The van der Waals surface area contributed by atoms with E-state index in [0.717, 1.165) is 39.4 Å². The van der Waals surface area contributed by atoms with Crippen molar-refractivity contribution in [3.05, 3.63) is 115 Å². The number of ether oxygens (including phenoxy) is 1. The van der Waals surface area contributed by atoms with Crippen molar-refractivity contribution in [3.8, 4) is 11.8 Å². The Morgan fingerprint density at radius 2 is 1.80 bits per heavy atom. The van der Waals surface area contributed by atoms with Gasteiger partial charge in [-0.15, -0.1) is 0 Å². The largest absolute Gasteiger partial charge is 0.489 e. The zero-order valence-corrected chi connectivity index (χ0v) is 26.9. The number of nitrogens with two attached hydrogens (primary N) is 1. The van der Waals surface area contributed by atoms with E-state index in [9.17, 15) is 23.2 Å². The summed E-state index contributed by atoms with van der Waals surface area (Å²) in [5.74, 6) is -0.385. The van der Waals surface area contributed by atoms with Crippen LogP contribution >= 0.6 is 27.5 Å². The van der Waals surface area contributed by atoms with Crippen molar-refractivity contribution >= 4 is 39.0 Å². The van der Waals surface area contributed by atoms with Gasteiger partial charge in [-0.05, 0) is 84.8 Å². The normalized spacial score (nSPS) is 18.3. The summed E-state index contributed by atoms with van der Waals surface area (Å²) in [6.45, 7) is 7.92. The molecule has 228 valence electrons. The molecular formula is C34H30BrClF3N3O2. The molecule has 1 unspecified atom stereocenters. The molecule has 1 heterocycles. The quantitative estimate of drug-likeness (QED) is 0.290. The van der Waals surface area contributed by atoms with Crippen molar-refractivity contribution in [1.29, 1.82) is 5.26 Å². The van der Waals surface area contributed by atoms with Gasteiger partial charge < -0.3 is 10.5 Å². The molecule has 0 aromatic heterocycles. The zero-order valence-electron chi connectivity index (χ0n) is 24.6. The molecule has 5 nitrogen and oxygen atoms in total. The highest BCUT2D eigenvalue weighted by Crippen LogP contribution is 2.52. The van der Waals surface area contributed by atoms with Crippen LogP contribution in [-0.2, 0) is 17.6 Å². The van der Waals surface area contributed by atoms with Crippen LogP contribution in [0.15, 0.2) is 81.7 Å². The number of anilines is 1. The predicted octanol–water partition coefficient (Wildman–Crippen LogP) is 9.26. The second-order valence-corrected chi connectivity index (χ2v) is 13.3. The molecule has 10 heteroatoms. The first-order valence-electron chi connectivity index (χ1n) is 13.9. The maximum absolute atomic E-state index is 14.0. The van der Waals surface area contributed by atoms with Gasteiger partial charge in [-0.1, -0.05) is 59.1 Å². The highest BCUT2D eigenvalue weighted by Gasteiger charge is 2.46. The van der Waals surface area contributed by atoms with Crippen LogP contribution in [0.5, 0.6) is 5.75 Å². The van der Waals surface area contributed by atoms with E-state index in [1.54, 1.807) is 0 Å². The SMILES string of the molecule is Cc1cc(COc2ccc(Br)cc2)c(C)c(C2C(C#N)=C(N)N(c3cc(C(F)(F)F)ccc3Cl)C3=C2C(=O)CC(C)(C)C3)c1. The highest BCUT2D eigenvalue weighted by molar-refractivity contribution is 9.10. The number of carbonyl (C=O) groups excluding carboxylic acids is 1. The summed E-state index contributed by atoms with van der Waals surface area (Å²) in [5, 5.41) is 10.5.